The van der Waals surface area contributed by atoms with E-state index in [4.69, 9.17) is 28.9 Å². The molecule has 0 atom stereocenters. The molecule has 0 aliphatic carbocycles. The maximum atomic E-state index is 12.8. The molecule has 1 fully saturated rings. The van der Waals surface area contributed by atoms with Crippen LogP contribution in [0.15, 0.2) is 42.5 Å². The van der Waals surface area contributed by atoms with Crippen molar-refractivity contribution >= 4 is 50.7 Å². The summed E-state index contributed by atoms with van der Waals surface area (Å²) in [5.74, 6) is -0.711. The first-order chi connectivity index (χ1) is 14.6. The van der Waals surface area contributed by atoms with E-state index in [0.717, 1.165) is 6.26 Å². The molecule has 1 heterocycles. The lowest BCUT2D eigenvalue weighted by atomic mass is 9.96. The summed E-state index contributed by atoms with van der Waals surface area (Å²) in [6, 6.07) is 11.3. The molecule has 2 aromatic rings. The standard InChI is InChI=1S/C21H23Cl2N3O4S/c1-31(29,30)26(13-17-18(22)3-2-4-19(17)23)16-7-5-15(6-8-16)21(28)25-11-9-14(10-12-25)20(24)27/h2-8,14H,9-13H2,1H3,(H2,24,27). The summed E-state index contributed by atoms with van der Waals surface area (Å²) in [6.45, 7) is 0.870. The van der Waals surface area contributed by atoms with E-state index in [1.165, 1.54) is 4.31 Å². The van der Waals surface area contributed by atoms with Crippen LogP contribution in [0.25, 0.3) is 0 Å². The van der Waals surface area contributed by atoms with Crippen molar-refractivity contribution in [2.24, 2.45) is 11.7 Å². The average Bonchev–Trinajstić information content (AvgIpc) is 2.72. The highest BCUT2D eigenvalue weighted by atomic mass is 35.5. The summed E-state index contributed by atoms with van der Waals surface area (Å²) in [7, 11) is -3.64. The van der Waals surface area contributed by atoms with Crippen molar-refractivity contribution in [3.63, 3.8) is 0 Å². The molecule has 1 aliphatic heterocycles. The molecule has 0 unspecified atom stereocenters. The first kappa shape index (κ1) is 23.4. The van der Waals surface area contributed by atoms with Crippen LogP contribution in [0.2, 0.25) is 10.0 Å². The molecule has 0 bridgehead atoms. The number of benzene rings is 2. The van der Waals surface area contributed by atoms with Crippen LogP contribution in [0.5, 0.6) is 0 Å². The fourth-order valence-electron chi connectivity index (χ4n) is 3.55. The van der Waals surface area contributed by atoms with E-state index in [9.17, 15) is 18.0 Å². The fraction of sp³-hybridized carbons (Fsp3) is 0.333. The van der Waals surface area contributed by atoms with Gasteiger partial charge in [0.05, 0.1) is 18.5 Å². The number of nitrogens with zero attached hydrogens (tertiary/aromatic N) is 2. The van der Waals surface area contributed by atoms with Crippen LogP contribution in [0.3, 0.4) is 0 Å². The number of primary amides is 1. The van der Waals surface area contributed by atoms with Crippen LogP contribution in [-0.4, -0.2) is 44.5 Å². The van der Waals surface area contributed by atoms with Crippen molar-refractivity contribution < 1.29 is 18.0 Å². The molecule has 0 radical (unpaired) electrons. The Bertz CT molecular complexity index is 1060. The molecule has 2 amide bonds. The van der Waals surface area contributed by atoms with Gasteiger partial charge in [-0.2, -0.15) is 0 Å². The zero-order chi connectivity index (χ0) is 22.8. The van der Waals surface area contributed by atoms with Crippen LogP contribution in [0.1, 0.15) is 28.8 Å². The normalized spacial score (nSPS) is 15.0. The molecule has 31 heavy (non-hydrogen) atoms. The summed E-state index contributed by atoms with van der Waals surface area (Å²) in [6.07, 6.45) is 2.18. The monoisotopic (exact) mass is 483 g/mol. The molecule has 7 nitrogen and oxygen atoms in total. The molecule has 10 heteroatoms. The van der Waals surface area contributed by atoms with Gasteiger partial charge in [-0.25, -0.2) is 8.42 Å². The zero-order valence-corrected chi connectivity index (χ0v) is 19.3. The zero-order valence-electron chi connectivity index (χ0n) is 16.9. The second-order valence-corrected chi connectivity index (χ2v) is 10.2. The maximum absolute atomic E-state index is 12.8. The van der Waals surface area contributed by atoms with Gasteiger partial charge < -0.3 is 10.6 Å². The molecular formula is C21H23Cl2N3O4S. The lowest BCUT2D eigenvalue weighted by molar-refractivity contribution is -0.123. The minimum atomic E-state index is -3.64. The van der Waals surface area contributed by atoms with Gasteiger partial charge in [0.25, 0.3) is 5.91 Å². The average molecular weight is 484 g/mol. The number of carbonyl (C=O) groups excluding carboxylic acids is 2. The fourth-order valence-corrected chi connectivity index (χ4v) is 4.93. The van der Waals surface area contributed by atoms with Crippen LogP contribution in [0, 0.1) is 5.92 Å². The van der Waals surface area contributed by atoms with Gasteiger partial charge in [-0.1, -0.05) is 29.3 Å². The Morgan fingerprint density at radius 3 is 2.10 bits per heavy atom. The Morgan fingerprint density at radius 1 is 1.06 bits per heavy atom. The number of piperidine rings is 1. The first-order valence-electron chi connectivity index (χ1n) is 9.67. The van der Waals surface area contributed by atoms with Gasteiger partial charge in [-0.15, -0.1) is 0 Å². The van der Waals surface area contributed by atoms with Gasteiger partial charge in [-0.05, 0) is 49.2 Å². The Labute approximate surface area is 191 Å². The van der Waals surface area contributed by atoms with Gasteiger partial charge in [0.2, 0.25) is 15.9 Å². The lowest BCUT2D eigenvalue weighted by Crippen LogP contribution is -2.41. The molecule has 3 rings (SSSR count). The summed E-state index contributed by atoms with van der Waals surface area (Å²) in [5.41, 5.74) is 6.66. The summed E-state index contributed by atoms with van der Waals surface area (Å²) < 4.78 is 26.1. The number of sulfonamides is 1. The first-order valence-corrected chi connectivity index (χ1v) is 12.3. The molecule has 0 spiro atoms. The van der Waals surface area contributed by atoms with Crippen LogP contribution < -0.4 is 10.0 Å². The van der Waals surface area contributed by atoms with Crippen LogP contribution in [-0.2, 0) is 21.4 Å². The third-order valence-corrected chi connectivity index (χ3v) is 7.20. The van der Waals surface area contributed by atoms with Gasteiger partial charge >= 0.3 is 0 Å². The molecule has 0 aromatic heterocycles. The van der Waals surface area contributed by atoms with E-state index < -0.39 is 10.0 Å². The second kappa shape index (κ2) is 9.46. The van der Waals surface area contributed by atoms with Gasteiger partial charge in [-0.3, -0.25) is 13.9 Å². The van der Waals surface area contributed by atoms with Crippen molar-refractivity contribution in [2.45, 2.75) is 19.4 Å². The minimum absolute atomic E-state index is 0.0364. The number of hydrogen-bond donors (Lipinski definition) is 1. The topological polar surface area (TPSA) is 101 Å². The molecule has 1 aliphatic rings. The Morgan fingerprint density at radius 2 is 1.61 bits per heavy atom. The smallest absolute Gasteiger partial charge is 0.253 e. The predicted octanol–water partition coefficient (Wildman–Crippen LogP) is 3.30. The third kappa shape index (κ3) is 5.50. The van der Waals surface area contributed by atoms with Crippen molar-refractivity contribution in [3.8, 4) is 0 Å². The number of halogens is 2. The summed E-state index contributed by atoms with van der Waals surface area (Å²) in [5, 5.41) is 0.736. The highest BCUT2D eigenvalue weighted by Crippen LogP contribution is 2.29. The number of rotatable bonds is 6. The van der Waals surface area contributed by atoms with E-state index in [1.807, 2.05) is 0 Å². The van der Waals surface area contributed by atoms with Gasteiger partial charge in [0.15, 0.2) is 0 Å². The lowest BCUT2D eigenvalue weighted by Gasteiger charge is -2.30. The van der Waals surface area contributed by atoms with Crippen molar-refractivity contribution in [2.75, 3.05) is 23.7 Å². The number of likely N-dealkylation sites (tertiary alicyclic amines) is 1. The number of nitrogens with two attached hydrogens (primary N) is 1. The largest absolute Gasteiger partial charge is 0.369 e. The van der Waals surface area contributed by atoms with E-state index in [1.54, 1.807) is 47.4 Å². The molecule has 2 aromatic carbocycles. The number of hydrogen-bond acceptors (Lipinski definition) is 4. The third-order valence-electron chi connectivity index (χ3n) is 5.35. The van der Waals surface area contributed by atoms with E-state index >= 15 is 0 Å². The SMILES string of the molecule is CS(=O)(=O)N(Cc1c(Cl)cccc1Cl)c1ccc(C(=O)N2CCC(C(N)=O)CC2)cc1. The maximum Gasteiger partial charge on any atom is 0.253 e. The Kier molecular flexibility index (Phi) is 7.13. The van der Waals surface area contributed by atoms with E-state index in [-0.39, 0.29) is 24.3 Å². The van der Waals surface area contributed by atoms with Crippen molar-refractivity contribution in [3.05, 3.63) is 63.6 Å². The Balaban J connectivity index is 1.79. The molecular weight excluding hydrogens is 461 g/mol. The molecule has 2 N–H and O–H groups in total. The summed E-state index contributed by atoms with van der Waals surface area (Å²) in [4.78, 5) is 25.8. The number of anilines is 1. The van der Waals surface area contributed by atoms with Crippen LogP contribution >= 0.6 is 23.2 Å². The quantitative estimate of drug-likeness (QED) is 0.680. The van der Waals surface area contributed by atoms with Crippen LogP contribution in [0.4, 0.5) is 5.69 Å². The van der Waals surface area contributed by atoms with Crippen molar-refractivity contribution in [1.82, 2.24) is 4.90 Å². The summed E-state index contributed by atoms with van der Waals surface area (Å²) >= 11 is 12.4. The van der Waals surface area contributed by atoms with E-state index in [0.29, 0.717) is 52.8 Å². The molecule has 166 valence electrons. The highest BCUT2D eigenvalue weighted by Gasteiger charge is 2.27. The van der Waals surface area contributed by atoms with E-state index in [2.05, 4.69) is 0 Å². The highest BCUT2D eigenvalue weighted by molar-refractivity contribution is 7.92. The molecule has 0 saturated carbocycles. The number of amides is 2. The minimum Gasteiger partial charge on any atom is -0.369 e. The van der Waals surface area contributed by atoms with Gasteiger partial charge in [0, 0.05) is 40.2 Å². The second-order valence-electron chi connectivity index (χ2n) is 7.49. The van der Waals surface area contributed by atoms with Gasteiger partial charge in [0.1, 0.15) is 0 Å². The predicted molar refractivity (Wildman–Crippen MR) is 122 cm³/mol. The Hall–Kier alpha value is -2.29. The number of carbonyl (C=O) groups is 2. The van der Waals surface area contributed by atoms with Crippen molar-refractivity contribution in [1.29, 1.82) is 0 Å². The molecule has 1 saturated heterocycles.